The van der Waals surface area contributed by atoms with Gasteiger partial charge in [-0.05, 0) is 97.4 Å². The summed E-state index contributed by atoms with van der Waals surface area (Å²) >= 11 is 6.71. The summed E-state index contributed by atoms with van der Waals surface area (Å²) < 4.78 is 91.2. The van der Waals surface area contributed by atoms with Gasteiger partial charge in [-0.15, -0.1) is 0 Å². The molecule has 8 heterocycles. The maximum Gasteiger partial charge on any atom is 0.187 e. The average Bonchev–Trinajstić information content (AvgIpc) is 0.796. The van der Waals surface area contributed by atoms with Gasteiger partial charge >= 0.3 is 0 Å². The van der Waals surface area contributed by atoms with E-state index in [9.17, 15) is 143 Å². The summed E-state index contributed by atoms with van der Waals surface area (Å²) in [4.78, 5) is 0. The standard InChI is InChI=1S/C72H132O44S4Si/c73-25-33-41(81)49(89)53(93)69(109-33)113-61-45(85)37(29-77)105-65(57(61)97)101-9-1-13-117-17-5-21-121(22-6-18-118-14-2-10-102-66-58(98)62(46(86)38(30-78)106-66)114-70-54(94)50(90)42(82)34(26-74)110-70,23-7-19-119-15-3-11-103-67-59(99)63(47(87)39(31-79)107-67)115-71-55(95)51(91)43(83)35(27-75)111-71)24-8-20-120-16-4-12-104-68-60(100)64(48(88)40(32-80)108-68)116-72-56(96)52(92)44(84)36(28-76)112-72/h33-100H,1-32H2/t33-,34-,35-,36-,37-,38-,39-,40-,41-,42-,43-,44-,45-,46-,47-,48-,49+,50+,51+,52+,53+,54+,55+,56+,57+,58+,59+,60+,61+,62+,63+,64+,65+,66+,67+,68+,69-,70-,71-,72-/m1/s1. The zero-order valence-corrected chi connectivity index (χ0v) is 71.2. The van der Waals surface area contributed by atoms with Crippen LogP contribution in [0.2, 0.25) is 24.2 Å². The van der Waals surface area contributed by atoms with Crippen molar-refractivity contribution in [3.8, 4) is 0 Å². The molecule has 0 aromatic carbocycles. The molecule has 0 amide bonds. The zero-order valence-electron chi connectivity index (χ0n) is 66.9. The lowest BCUT2D eigenvalue weighted by atomic mass is 9.97. The number of aliphatic hydroxyl groups excluding tert-OH is 28. The summed E-state index contributed by atoms with van der Waals surface area (Å²) in [7, 11) is -2.24. The van der Waals surface area contributed by atoms with Crippen molar-refractivity contribution in [3.63, 3.8) is 0 Å². The molecule has 0 radical (unpaired) electrons. The van der Waals surface area contributed by atoms with Gasteiger partial charge in [-0.2, -0.15) is 47.0 Å². The highest BCUT2D eigenvalue weighted by Crippen LogP contribution is 2.39. The van der Waals surface area contributed by atoms with Crippen LogP contribution in [-0.4, -0.2) is 522 Å². The lowest BCUT2D eigenvalue weighted by Crippen LogP contribution is -2.64. The van der Waals surface area contributed by atoms with Gasteiger partial charge in [-0.3, -0.25) is 0 Å². The lowest BCUT2D eigenvalue weighted by molar-refractivity contribution is -0.360. The van der Waals surface area contributed by atoms with Crippen molar-refractivity contribution in [3.05, 3.63) is 0 Å². The maximum absolute atomic E-state index is 11.4. The van der Waals surface area contributed by atoms with E-state index in [-0.39, 0.29) is 26.4 Å². The summed E-state index contributed by atoms with van der Waals surface area (Å²) in [5, 5.41) is 294. The molecule has 28 N–H and O–H groups in total. The molecule has 8 aliphatic rings. The lowest BCUT2D eigenvalue weighted by Gasteiger charge is -2.45. The Hall–Kier alpha value is -0.143. The largest absolute Gasteiger partial charge is 0.394 e. The van der Waals surface area contributed by atoms with Gasteiger partial charge in [0.1, 0.15) is 195 Å². The number of rotatable bonds is 52. The molecular formula is C72H132O44S4Si. The molecule has 0 unspecified atom stereocenters. The fourth-order valence-corrected chi connectivity index (χ4v) is 25.3. The van der Waals surface area contributed by atoms with Crippen LogP contribution in [0, 0.1) is 0 Å². The second-order valence-electron chi connectivity index (χ2n) is 31.3. The third kappa shape index (κ3) is 28.9. The molecule has 8 aliphatic heterocycles. The molecule has 121 heavy (non-hydrogen) atoms. The topological polar surface area (TPSA) is 714 Å². The second kappa shape index (κ2) is 53.5. The van der Waals surface area contributed by atoms with Crippen LogP contribution in [0.4, 0.5) is 0 Å². The SMILES string of the molecule is OC[C@H]1O[C@H](O[C@@H]2[C@H](O)[C@@H](OCCCSCCC[Si](CCCSCCCO[C@H]3O[C@H](CO)[C@@H](O)[C@H](O[C@H]4O[C@H](CO)[C@@H](O)[C@H](O)[C@@H]4O)[C@@H]3O)(CCCSCCCO[C@H]3O[C@H](CO)[C@@H](O)[C@H](O[C@H]4O[C@H](CO)[C@@H](O)[C@H](O)[C@@H]4O)[C@@H]3O)CCCSCCCO[C@H]3O[C@H](CO)[C@@H](O)[C@H](O[C@H]4O[C@H](CO)[C@@H](O)[C@H](O)[C@@H]4O)[C@@H]3O)O[C@H](CO)[C@H]2O)[C@@H](O)[C@@H](O)[C@@H]1O. The van der Waals surface area contributed by atoms with Crippen LogP contribution in [0.3, 0.4) is 0 Å². The van der Waals surface area contributed by atoms with Crippen LogP contribution >= 0.6 is 47.0 Å². The van der Waals surface area contributed by atoms with Crippen LogP contribution < -0.4 is 0 Å². The first-order valence-corrected chi connectivity index (χ1v) is 48.6. The Balaban J connectivity index is 0.890. The Kier molecular flexibility index (Phi) is 47.0. The van der Waals surface area contributed by atoms with Crippen molar-refractivity contribution >= 4 is 55.1 Å². The minimum atomic E-state index is -2.24. The maximum atomic E-state index is 11.4. The summed E-state index contributed by atoms with van der Waals surface area (Å²) in [5.41, 5.74) is 0. The molecule has 712 valence electrons. The van der Waals surface area contributed by atoms with Gasteiger partial charge in [0.25, 0.3) is 0 Å². The molecule has 0 aromatic rings. The molecule has 8 rings (SSSR count). The Morgan fingerprint density at radius 2 is 0.355 bits per heavy atom. The number of ether oxygens (including phenoxy) is 16. The van der Waals surface area contributed by atoms with Gasteiger partial charge in [-0.25, -0.2) is 0 Å². The Bertz CT molecular complexity index is 2440. The van der Waals surface area contributed by atoms with Gasteiger partial charge in [0, 0.05) is 0 Å². The molecular weight excluding hydrogens is 1730 g/mol. The number of hydrogen-bond acceptors (Lipinski definition) is 48. The molecule has 44 nitrogen and oxygen atoms in total. The summed E-state index contributed by atoms with van der Waals surface area (Å²) in [6.07, 6.45) is -59.7. The minimum Gasteiger partial charge on any atom is -0.394 e. The summed E-state index contributed by atoms with van der Waals surface area (Å²) in [6.45, 7) is -5.81. The fourth-order valence-electron chi connectivity index (χ4n) is 15.5. The predicted molar refractivity (Wildman–Crippen MR) is 421 cm³/mol. The highest BCUT2D eigenvalue weighted by atomic mass is 32.2. The van der Waals surface area contributed by atoms with E-state index in [0.29, 0.717) is 48.7 Å². The molecule has 49 heteroatoms. The van der Waals surface area contributed by atoms with Crippen molar-refractivity contribution in [2.75, 3.05) is 125 Å². The first-order chi connectivity index (χ1) is 58.0. The van der Waals surface area contributed by atoms with Gasteiger partial charge in [0.15, 0.2) is 50.3 Å². The normalized spacial score (nSPS) is 42.7. The Morgan fingerprint density at radius 1 is 0.190 bits per heavy atom. The molecule has 0 spiro atoms. The van der Waals surface area contributed by atoms with Crippen LogP contribution in [0.1, 0.15) is 51.4 Å². The molecule has 8 fully saturated rings. The smallest absolute Gasteiger partial charge is 0.187 e. The van der Waals surface area contributed by atoms with Crippen LogP contribution in [0.15, 0.2) is 0 Å². The van der Waals surface area contributed by atoms with E-state index >= 15 is 0 Å². The van der Waals surface area contributed by atoms with Gasteiger partial charge < -0.3 is 219 Å². The highest BCUT2D eigenvalue weighted by Gasteiger charge is 2.57. The Morgan fingerprint density at radius 3 is 0.537 bits per heavy atom. The van der Waals surface area contributed by atoms with E-state index in [2.05, 4.69) is 0 Å². The third-order valence-electron chi connectivity index (χ3n) is 22.7. The summed E-state index contributed by atoms with van der Waals surface area (Å²) in [6, 6.07) is 3.75. The van der Waals surface area contributed by atoms with Crippen molar-refractivity contribution in [2.45, 2.75) is 321 Å². The molecule has 8 saturated heterocycles. The molecule has 0 aliphatic carbocycles. The molecule has 0 aromatic heterocycles. The van der Waals surface area contributed by atoms with Crippen molar-refractivity contribution in [1.29, 1.82) is 0 Å². The first kappa shape index (κ1) is 106. The van der Waals surface area contributed by atoms with E-state index in [1.807, 2.05) is 0 Å². The fraction of sp³-hybridized carbons (Fsp3) is 1.00. The van der Waals surface area contributed by atoms with E-state index in [1.165, 1.54) is 0 Å². The van der Waals surface area contributed by atoms with E-state index in [4.69, 9.17) is 75.8 Å². The zero-order chi connectivity index (χ0) is 88.4. The average molecular weight is 1860 g/mol. The molecule has 0 bridgehead atoms. The van der Waals surface area contributed by atoms with Gasteiger partial charge in [-0.1, -0.05) is 24.2 Å². The second-order valence-corrected chi connectivity index (χ2v) is 41.2. The predicted octanol–water partition coefficient (Wildman–Crippen LogP) is -11.9. The quantitative estimate of drug-likeness (QED) is 0.0199. The van der Waals surface area contributed by atoms with Crippen molar-refractivity contribution in [1.82, 2.24) is 0 Å². The number of thioether (sulfide) groups is 4. The van der Waals surface area contributed by atoms with E-state index < -0.39 is 307 Å². The van der Waals surface area contributed by atoms with Gasteiger partial charge in [0.05, 0.1) is 87.4 Å². The molecule has 0 saturated carbocycles. The first-order valence-electron chi connectivity index (χ1n) is 41.1. The number of hydrogen-bond donors (Lipinski definition) is 28. The van der Waals surface area contributed by atoms with E-state index in [1.54, 1.807) is 47.0 Å². The van der Waals surface area contributed by atoms with Gasteiger partial charge in [0.2, 0.25) is 0 Å². The Labute approximate surface area is 717 Å². The van der Waals surface area contributed by atoms with Crippen molar-refractivity contribution in [2.24, 2.45) is 0 Å². The van der Waals surface area contributed by atoms with Crippen LogP contribution in [0.25, 0.3) is 0 Å². The monoisotopic (exact) mass is 1860 g/mol. The molecule has 40 atom stereocenters. The van der Waals surface area contributed by atoms with Crippen LogP contribution in [-0.2, 0) is 75.8 Å². The van der Waals surface area contributed by atoms with E-state index in [0.717, 1.165) is 72.9 Å². The summed E-state index contributed by atoms with van der Waals surface area (Å²) in [5.74, 6) is 5.38. The minimum absolute atomic E-state index is 0.0452. The van der Waals surface area contributed by atoms with Crippen LogP contribution in [0.5, 0.6) is 0 Å². The highest BCUT2D eigenvalue weighted by molar-refractivity contribution is 7.99. The third-order valence-corrected chi connectivity index (χ3v) is 33.0. The number of aliphatic hydroxyl groups is 28. The van der Waals surface area contributed by atoms with Crippen molar-refractivity contribution < 1.29 is 219 Å².